The maximum atomic E-state index is 13.4. The summed E-state index contributed by atoms with van der Waals surface area (Å²) in [7, 11) is 0. The number of rotatable bonds is 4. The predicted molar refractivity (Wildman–Crippen MR) is 70.7 cm³/mol. The number of carbonyl (C=O) groups excluding carboxylic acids is 1. The molecule has 0 bridgehead atoms. The van der Waals surface area contributed by atoms with Gasteiger partial charge in [-0.3, -0.25) is 4.79 Å². The SMILES string of the molecule is NC(=O)[C@@H]1CC[C@H](c2nc(Cc3cscc3F)no2)C1. The van der Waals surface area contributed by atoms with Crippen molar-refractivity contribution in [2.75, 3.05) is 0 Å². The van der Waals surface area contributed by atoms with Crippen molar-refractivity contribution in [2.45, 2.75) is 31.6 Å². The zero-order valence-corrected chi connectivity index (χ0v) is 11.5. The number of amides is 1. The molecule has 2 atom stereocenters. The molecular formula is C13H14FN3O2S. The molecule has 5 nitrogen and oxygen atoms in total. The first kappa shape index (κ1) is 13.2. The minimum Gasteiger partial charge on any atom is -0.369 e. The van der Waals surface area contributed by atoms with Crippen LogP contribution in [0, 0.1) is 11.7 Å². The third kappa shape index (κ3) is 2.58. The number of hydrogen-bond donors (Lipinski definition) is 1. The maximum absolute atomic E-state index is 13.4. The summed E-state index contributed by atoms with van der Waals surface area (Å²) < 4.78 is 18.6. The van der Waals surface area contributed by atoms with Gasteiger partial charge in [-0.1, -0.05) is 5.16 Å². The largest absolute Gasteiger partial charge is 0.369 e. The van der Waals surface area contributed by atoms with Crippen LogP contribution in [-0.4, -0.2) is 16.0 Å². The summed E-state index contributed by atoms with van der Waals surface area (Å²) in [5, 5.41) is 7.07. The Hall–Kier alpha value is -1.76. The van der Waals surface area contributed by atoms with E-state index >= 15 is 0 Å². The summed E-state index contributed by atoms with van der Waals surface area (Å²) in [4.78, 5) is 15.5. The van der Waals surface area contributed by atoms with E-state index < -0.39 is 0 Å². The highest BCUT2D eigenvalue weighted by Crippen LogP contribution is 2.37. The Morgan fingerprint density at radius 3 is 3.00 bits per heavy atom. The van der Waals surface area contributed by atoms with Crippen molar-refractivity contribution in [1.29, 1.82) is 0 Å². The number of nitrogens with two attached hydrogens (primary N) is 1. The highest BCUT2D eigenvalue weighted by molar-refractivity contribution is 7.08. The van der Waals surface area contributed by atoms with Crippen LogP contribution in [0.4, 0.5) is 4.39 Å². The first-order chi connectivity index (χ1) is 9.63. The van der Waals surface area contributed by atoms with E-state index in [1.54, 1.807) is 5.38 Å². The van der Waals surface area contributed by atoms with Gasteiger partial charge in [-0.25, -0.2) is 4.39 Å². The summed E-state index contributed by atoms with van der Waals surface area (Å²) in [5.41, 5.74) is 5.88. The Balaban J connectivity index is 1.68. The van der Waals surface area contributed by atoms with Gasteiger partial charge in [-0.15, -0.1) is 11.3 Å². The van der Waals surface area contributed by atoms with Crippen LogP contribution in [-0.2, 0) is 11.2 Å². The molecule has 1 amide bonds. The lowest BCUT2D eigenvalue weighted by molar-refractivity contribution is -0.121. The highest BCUT2D eigenvalue weighted by atomic mass is 32.1. The van der Waals surface area contributed by atoms with E-state index in [1.165, 1.54) is 16.7 Å². The Morgan fingerprint density at radius 2 is 2.35 bits per heavy atom. The number of primary amides is 1. The highest BCUT2D eigenvalue weighted by Gasteiger charge is 2.32. The van der Waals surface area contributed by atoms with E-state index in [4.69, 9.17) is 10.3 Å². The fraction of sp³-hybridized carbons (Fsp3) is 0.462. The molecule has 7 heteroatoms. The lowest BCUT2D eigenvalue weighted by Crippen LogP contribution is -2.20. The smallest absolute Gasteiger partial charge is 0.229 e. The molecule has 1 aliphatic carbocycles. The first-order valence-corrected chi connectivity index (χ1v) is 7.40. The number of aromatic nitrogens is 2. The van der Waals surface area contributed by atoms with E-state index in [-0.39, 0.29) is 23.6 Å². The summed E-state index contributed by atoms with van der Waals surface area (Å²) in [6.45, 7) is 0. The molecular weight excluding hydrogens is 281 g/mol. The van der Waals surface area contributed by atoms with Crippen molar-refractivity contribution in [1.82, 2.24) is 10.1 Å². The van der Waals surface area contributed by atoms with Gasteiger partial charge in [0.25, 0.3) is 0 Å². The van der Waals surface area contributed by atoms with Crippen LogP contribution in [0.1, 0.15) is 42.5 Å². The average Bonchev–Trinajstić information content (AvgIpc) is 3.11. The second-order valence-corrected chi connectivity index (χ2v) is 5.82. The predicted octanol–water partition coefficient (Wildman–Crippen LogP) is 2.23. The number of nitrogens with zero attached hydrogens (tertiary/aromatic N) is 2. The van der Waals surface area contributed by atoms with Crippen molar-refractivity contribution in [2.24, 2.45) is 11.7 Å². The Morgan fingerprint density at radius 1 is 1.50 bits per heavy atom. The van der Waals surface area contributed by atoms with Crippen LogP contribution in [0.15, 0.2) is 15.3 Å². The summed E-state index contributed by atoms with van der Waals surface area (Å²) in [5.74, 6) is 0.466. The fourth-order valence-electron chi connectivity index (χ4n) is 2.57. The normalized spacial score (nSPS) is 22.2. The van der Waals surface area contributed by atoms with Gasteiger partial charge in [0.2, 0.25) is 11.8 Å². The number of hydrogen-bond acceptors (Lipinski definition) is 5. The molecule has 3 rings (SSSR count). The molecule has 0 radical (unpaired) electrons. The topological polar surface area (TPSA) is 82.0 Å². The number of thiophene rings is 1. The van der Waals surface area contributed by atoms with E-state index in [2.05, 4.69) is 10.1 Å². The van der Waals surface area contributed by atoms with Crippen LogP contribution < -0.4 is 5.73 Å². The van der Waals surface area contributed by atoms with Gasteiger partial charge in [0.15, 0.2) is 5.82 Å². The molecule has 1 fully saturated rings. The van der Waals surface area contributed by atoms with Crippen molar-refractivity contribution in [3.63, 3.8) is 0 Å². The van der Waals surface area contributed by atoms with E-state index in [0.29, 0.717) is 30.1 Å². The monoisotopic (exact) mass is 295 g/mol. The average molecular weight is 295 g/mol. The number of halogens is 1. The molecule has 1 saturated carbocycles. The zero-order valence-electron chi connectivity index (χ0n) is 10.7. The fourth-order valence-corrected chi connectivity index (χ4v) is 3.27. The molecule has 2 heterocycles. The van der Waals surface area contributed by atoms with Crippen LogP contribution >= 0.6 is 11.3 Å². The summed E-state index contributed by atoms with van der Waals surface area (Å²) >= 11 is 1.31. The van der Waals surface area contributed by atoms with Gasteiger partial charge >= 0.3 is 0 Å². The van der Waals surface area contributed by atoms with Gasteiger partial charge in [0.1, 0.15) is 5.82 Å². The first-order valence-electron chi connectivity index (χ1n) is 6.46. The summed E-state index contributed by atoms with van der Waals surface area (Å²) in [6.07, 6.45) is 2.56. The molecule has 106 valence electrons. The van der Waals surface area contributed by atoms with Gasteiger partial charge < -0.3 is 10.3 Å². The van der Waals surface area contributed by atoms with Gasteiger partial charge in [-0.05, 0) is 24.6 Å². The Bertz CT molecular complexity index is 625. The standard InChI is InChI=1S/C13H14FN3O2S/c14-10-6-20-5-9(10)4-11-16-13(19-17-11)8-2-1-7(3-8)12(15)18/h5-8H,1-4H2,(H2,15,18)/t7-,8+/m1/s1. The molecule has 2 N–H and O–H groups in total. The van der Waals surface area contributed by atoms with Crippen LogP contribution in [0.25, 0.3) is 0 Å². The van der Waals surface area contributed by atoms with Gasteiger partial charge in [0, 0.05) is 29.2 Å². The van der Waals surface area contributed by atoms with Crippen molar-refractivity contribution in [3.8, 4) is 0 Å². The third-order valence-corrected chi connectivity index (χ3v) is 4.47. The maximum Gasteiger partial charge on any atom is 0.229 e. The Labute approximate surface area is 119 Å². The minimum atomic E-state index is -0.271. The molecule has 0 unspecified atom stereocenters. The third-order valence-electron chi connectivity index (χ3n) is 3.71. The minimum absolute atomic E-state index is 0.0843. The van der Waals surface area contributed by atoms with Crippen molar-refractivity contribution >= 4 is 17.2 Å². The molecule has 20 heavy (non-hydrogen) atoms. The molecule has 2 aromatic rings. The quantitative estimate of drug-likeness (QED) is 0.937. The molecule has 2 aromatic heterocycles. The lowest BCUT2D eigenvalue weighted by Gasteiger charge is -2.03. The van der Waals surface area contributed by atoms with Crippen LogP contribution in [0.3, 0.4) is 0 Å². The van der Waals surface area contributed by atoms with E-state index in [9.17, 15) is 9.18 Å². The lowest BCUT2D eigenvalue weighted by atomic mass is 10.0. The molecule has 0 saturated heterocycles. The van der Waals surface area contributed by atoms with Gasteiger partial charge in [-0.2, -0.15) is 4.98 Å². The van der Waals surface area contributed by atoms with E-state index in [1.807, 2.05) is 0 Å². The van der Waals surface area contributed by atoms with Crippen LogP contribution in [0.2, 0.25) is 0 Å². The molecule has 1 aliphatic rings. The molecule has 0 spiro atoms. The second-order valence-electron chi connectivity index (χ2n) is 5.08. The zero-order chi connectivity index (χ0) is 14.1. The molecule has 0 aliphatic heterocycles. The second kappa shape index (κ2) is 5.32. The van der Waals surface area contributed by atoms with Crippen molar-refractivity contribution in [3.05, 3.63) is 33.9 Å². The molecule has 0 aromatic carbocycles. The van der Waals surface area contributed by atoms with Crippen molar-refractivity contribution < 1.29 is 13.7 Å². The summed E-state index contributed by atoms with van der Waals surface area (Å²) in [6, 6.07) is 0. The van der Waals surface area contributed by atoms with Gasteiger partial charge in [0.05, 0.1) is 0 Å². The number of carbonyl (C=O) groups is 1. The van der Waals surface area contributed by atoms with E-state index in [0.717, 1.165) is 12.8 Å². The van der Waals surface area contributed by atoms with Crippen LogP contribution in [0.5, 0.6) is 0 Å². The Kier molecular flexibility index (Phi) is 3.52.